The van der Waals surface area contributed by atoms with Crippen molar-refractivity contribution in [3.63, 3.8) is 0 Å². The van der Waals surface area contributed by atoms with E-state index in [0.717, 1.165) is 33.7 Å². The van der Waals surface area contributed by atoms with Crippen LogP contribution in [0.4, 0.5) is 10.2 Å². The summed E-state index contributed by atoms with van der Waals surface area (Å²) in [6.07, 6.45) is 2.78. The minimum atomic E-state index is -0.611. The molecule has 4 nitrogen and oxygen atoms in total. The normalized spacial score (nSPS) is 11.0. The number of aromatic nitrogens is 3. The first-order valence-corrected chi connectivity index (χ1v) is 9.61. The summed E-state index contributed by atoms with van der Waals surface area (Å²) in [6, 6.07) is 19.9. The number of benzene rings is 2. The second-order valence-corrected chi connectivity index (χ2v) is 6.99. The number of alkyl halides is 1. The Morgan fingerprint density at radius 2 is 1.93 bits per heavy atom. The zero-order valence-electron chi connectivity index (χ0n) is 14.9. The van der Waals surface area contributed by atoms with Crippen molar-refractivity contribution in [2.45, 2.75) is 24.9 Å². The lowest BCUT2D eigenvalue weighted by Gasteiger charge is -2.11. The molecule has 0 saturated heterocycles. The first-order valence-electron chi connectivity index (χ1n) is 8.79. The summed E-state index contributed by atoms with van der Waals surface area (Å²) >= 11 is 1.48. The zero-order chi connectivity index (χ0) is 18.6. The third kappa shape index (κ3) is 3.66. The molecule has 0 bridgehead atoms. The first kappa shape index (κ1) is 17.5. The van der Waals surface area contributed by atoms with Gasteiger partial charge < -0.3 is 4.72 Å². The van der Waals surface area contributed by atoms with Crippen molar-refractivity contribution < 1.29 is 4.39 Å². The fraction of sp³-hybridized carbons (Fsp3) is 0.143. The highest BCUT2D eigenvalue weighted by atomic mass is 32.2. The van der Waals surface area contributed by atoms with E-state index in [1.165, 1.54) is 17.5 Å². The third-order valence-electron chi connectivity index (χ3n) is 4.35. The fourth-order valence-electron chi connectivity index (χ4n) is 2.93. The summed E-state index contributed by atoms with van der Waals surface area (Å²) in [5, 5.41) is 5.39. The number of hydrogen-bond acceptors (Lipinski definition) is 4. The number of halogens is 1. The van der Waals surface area contributed by atoms with Crippen LogP contribution in [0.5, 0.6) is 0 Å². The number of nitrogens with zero attached hydrogens (tertiary/aromatic N) is 3. The van der Waals surface area contributed by atoms with Gasteiger partial charge in [-0.1, -0.05) is 25.1 Å². The van der Waals surface area contributed by atoms with Crippen molar-refractivity contribution in [1.29, 1.82) is 0 Å². The summed E-state index contributed by atoms with van der Waals surface area (Å²) in [4.78, 5) is 5.48. The molecule has 1 N–H and O–H groups in total. The number of rotatable bonds is 6. The largest absolute Gasteiger partial charge is 0.310 e. The molecule has 0 aliphatic carbocycles. The summed E-state index contributed by atoms with van der Waals surface area (Å²) in [5.74, 6) is 0.726. The van der Waals surface area contributed by atoms with E-state index in [2.05, 4.69) is 46.0 Å². The number of nitrogens with one attached hydrogen (secondary N) is 1. The molecule has 0 aliphatic rings. The van der Waals surface area contributed by atoms with Gasteiger partial charge in [-0.3, -0.25) is 4.98 Å². The van der Waals surface area contributed by atoms with Gasteiger partial charge in [0.2, 0.25) is 0 Å². The second kappa shape index (κ2) is 7.80. The maximum atomic E-state index is 13.3. The quantitative estimate of drug-likeness (QED) is 0.445. The number of pyridine rings is 1. The molecule has 0 unspecified atom stereocenters. The Balaban J connectivity index is 1.68. The van der Waals surface area contributed by atoms with Gasteiger partial charge in [-0.15, -0.1) is 0 Å². The van der Waals surface area contributed by atoms with Crippen LogP contribution in [0.25, 0.3) is 16.6 Å². The molecule has 2 aromatic heterocycles. The van der Waals surface area contributed by atoms with Crippen LogP contribution in [-0.2, 0) is 13.1 Å². The van der Waals surface area contributed by atoms with Crippen molar-refractivity contribution >= 4 is 28.7 Å². The summed E-state index contributed by atoms with van der Waals surface area (Å²) < 4.78 is 18.3. The summed E-state index contributed by atoms with van der Waals surface area (Å²) in [7, 11) is 0. The van der Waals surface area contributed by atoms with Crippen LogP contribution in [-0.4, -0.2) is 14.8 Å². The lowest BCUT2D eigenvalue weighted by atomic mass is 10.2. The molecule has 4 rings (SSSR count). The maximum Gasteiger partial charge on any atom is 0.140 e. The molecule has 6 heteroatoms. The molecular weight excluding hydrogens is 359 g/mol. The highest BCUT2D eigenvalue weighted by Gasteiger charge is 2.13. The molecule has 2 heterocycles. The van der Waals surface area contributed by atoms with Crippen LogP contribution < -0.4 is 4.72 Å². The van der Waals surface area contributed by atoms with Crippen LogP contribution in [0.3, 0.4) is 0 Å². The topological polar surface area (TPSA) is 42.7 Å². The van der Waals surface area contributed by atoms with Crippen LogP contribution in [0.2, 0.25) is 0 Å². The van der Waals surface area contributed by atoms with Crippen molar-refractivity contribution in [1.82, 2.24) is 14.8 Å². The monoisotopic (exact) mass is 378 g/mol. The fourth-order valence-corrected chi connectivity index (χ4v) is 3.57. The SMILES string of the molecule is CCc1ccc(SNc2cc(CF)nn2-c2cccc3ncccc23)cc1. The van der Waals surface area contributed by atoms with Crippen LogP contribution >= 0.6 is 11.9 Å². The summed E-state index contributed by atoms with van der Waals surface area (Å²) in [5.41, 5.74) is 3.43. The molecule has 0 saturated carbocycles. The predicted molar refractivity (Wildman–Crippen MR) is 109 cm³/mol. The van der Waals surface area contributed by atoms with Gasteiger partial charge in [0.15, 0.2) is 0 Å². The van der Waals surface area contributed by atoms with Crippen molar-refractivity contribution in [2.24, 2.45) is 0 Å². The van der Waals surface area contributed by atoms with Crippen molar-refractivity contribution in [3.05, 3.63) is 78.1 Å². The van der Waals surface area contributed by atoms with Gasteiger partial charge in [-0.2, -0.15) is 5.10 Å². The van der Waals surface area contributed by atoms with Gasteiger partial charge in [0.25, 0.3) is 0 Å². The Hall–Kier alpha value is -2.86. The smallest absolute Gasteiger partial charge is 0.140 e. The van der Waals surface area contributed by atoms with Crippen LogP contribution in [0.15, 0.2) is 71.8 Å². The molecule has 27 heavy (non-hydrogen) atoms. The van der Waals surface area contributed by atoms with E-state index < -0.39 is 6.67 Å². The van der Waals surface area contributed by atoms with Gasteiger partial charge in [-0.25, -0.2) is 9.07 Å². The van der Waals surface area contributed by atoms with E-state index in [1.54, 1.807) is 16.9 Å². The van der Waals surface area contributed by atoms with Gasteiger partial charge in [-0.05, 0) is 60.3 Å². The lowest BCUT2D eigenvalue weighted by molar-refractivity contribution is 0.473. The van der Waals surface area contributed by atoms with E-state index in [4.69, 9.17) is 0 Å². The molecule has 0 atom stereocenters. The molecule has 0 amide bonds. The van der Waals surface area contributed by atoms with Gasteiger partial charge in [0, 0.05) is 22.5 Å². The molecule has 0 radical (unpaired) electrons. The number of aryl methyl sites for hydroxylation is 1. The van der Waals surface area contributed by atoms with Gasteiger partial charge in [0.1, 0.15) is 12.5 Å². The standard InChI is InChI=1S/C21H19FN4S/c1-2-15-8-10-17(11-9-15)27-25-21-13-16(14-22)24-26(21)20-7-3-6-19-18(20)5-4-12-23-19/h3-13,25H,2,14H2,1H3. The minimum Gasteiger partial charge on any atom is -0.310 e. The number of anilines is 1. The maximum absolute atomic E-state index is 13.3. The Labute approximate surface area is 161 Å². The minimum absolute atomic E-state index is 0.389. The van der Waals surface area contributed by atoms with E-state index in [0.29, 0.717) is 5.69 Å². The average Bonchev–Trinajstić information content (AvgIpc) is 3.15. The van der Waals surface area contributed by atoms with Gasteiger partial charge in [0.05, 0.1) is 16.9 Å². The average molecular weight is 378 g/mol. The zero-order valence-corrected chi connectivity index (χ0v) is 15.7. The molecule has 2 aromatic carbocycles. The Bertz CT molecular complexity index is 1050. The van der Waals surface area contributed by atoms with E-state index in [-0.39, 0.29) is 0 Å². The number of fused-ring (bicyclic) bond motifs is 1. The summed E-state index contributed by atoms with van der Waals surface area (Å²) in [6.45, 7) is 1.52. The third-order valence-corrected chi connectivity index (χ3v) is 5.17. The first-order chi connectivity index (χ1) is 13.3. The molecule has 0 spiro atoms. The van der Waals surface area contributed by atoms with Gasteiger partial charge >= 0.3 is 0 Å². The predicted octanol–water partition coefficient (Wildman–Crippen LogP) is 5.57. The Morgan fingerprint density at radius 1 is 1.07 bits per heavy atom. The molecule has 0 aliphatic heterocycles. The van der Waals surface area contributed by atoms with Crippen LogP contribution in [0, 0.1) is 0 Å². The van der Waals surface area contributed by atoms with Crippen molar-refractivity contribution in [3.8, 4) is 5.69 Å². The Kier molecular flexibility index (Phi) is 5.07. The lowest BCUT2D eigenvalue weighted by Crippen LogP contribution is -2.02. The van der Waals surface area contributed by atoms with E-state index >= 15 is 0 Å². The molecular formula is C21H19FN4S. The number of hydrogen-bond donors (Lipinski definition) is 1. The second-order valence-electron chi connectivity index (χ2n) is 6.12. The molecule has 0 fully saturated rings. The van der Waals surface area contributed by atoms with E-state index in [9.17, 15) is 4.39 Å². The Morgan fingerprint density at radius 3 is 2.70 bits per heavy atom. The molecule has 136 valence electrons. The highest BCUT2D eigenvalue weighted by Crippen LogP contribution is 2.28. The highest BCUT2D eigenvalue weighted by molar-refractivity contribution is 8.00. The molecule has 4 aromatic rings. The van der Waals surface area contributed by atoms with Crippen molar-refractivity contribution in [2.75, 3.05) is 4.72 Å². The van der Waals surface area contributed by atoms with Crippen LogP contribution in [0.1, 0.15) is 18.2 Å². The van der Waals surface area contributed by atoms with E-state index in [1.807, 2.05) is 30.3 Å².